The molecule has 1 N–H and O–H groups in total. The van der Waals surface area contributed by atoms with Crippen LogP contribution < -0.4 is 0 Å². The molecule has 1 unspecified atom stereocenters. The molecule has 3 nitrogen and oxygen atoms in total. The molecule has 0 fully saturated rings. The molecule has 1 aromatic rings. The lowest BCUT2D eigenvalue weighted by molar-refractivity contribution is 0.0815. The van der Waals surface area contributed by atoms with Crippen molar-refractivity contribution in [2.75, 3.05) is 5.75 Å². The van der Waals surface area contributed by atoms with Crippen LogP contribution in [0.15, 0.2) is 5.16 Å². The van der Waals surface area contributed by atoms with Crippen molar-refractivity contribution in [3.05, 3.63) is 17.0 Å². The summed E-state index contributed by atoms with van der Waals surface area (Å²) in [4.78, 5) is 8.82. The number of aromatic nitrogens is 2. The summed E-state index contributed by atoms with van der Waals surface area (Å²) in [6, 6.07) is 0. The second-order valence-corrected chi connectivity index (χ2v) is 5.38. The van der Waals surface area contributed by atoms with Crippen LogP contribution in [0.4, 0.5) is 0 Å². The molecule has 16 heavy (non-hydrogen) atoms. The van der Waals surface area contributed by atoms with Gasteiger partial charge in [-0.2, -0.15) is 0 Å². The van der Waals surface area contributed by atoms with Crippen LogP contribution in [0.1, 0.15) is 37.2 Å². The fraction of sp³-hybridized carbons (Fsp3) is 0.667. The summed E-state index contributed by atoms with van der Waals surface area (Å²) >= 11 is 1.52. The zero-order valence-electron chi connectivity index (χ0n) is 10.7. The van der Waals surface area contributed by atoms with E-state index in [1.807, 2.05) is 34.6 Å². The molecule has 0 saturated carbocycles. The molecule has 1 rings (SSSR count). The zero-order valence-corrected chi connectivity index (χ0v) is 11.5. The van der Waals surface area contributed by atoms with Gasteiger partial charge in [0.2, 0.25) is 0 Å². The van der Waals surface area contributed by atoms with E-state index in [1.54, 1.807) is 0 Å². The molecule has 1 heterocycles. The van der Waals surface area contributed by atoms with Gasteiger partial charge in [-0.3, -0.25) is 0 Å². The Morgan fingerprint density at radius 2 is 1.69 bits per heavy atom. The summed E-state index contributed by atoms with van der Waals surface area (Å²) < 4.78 is 0. The van der Waals surface area contributed by atoms with Gasteiger partial charge in [0.15, 0.2) is 5.16 Å². The number of aliphatic hydroxyl groups is 1. The lowest BCUT2D eigenvalue weighted by atomic mass is 10.1. The van der Waals surface area contributed by atoms with Crippen molar-refractivity contribution in [2.45, 2.75) is 51.8 Å². The third-order valence-electron chi connectivity index (χ3n) is 2.89. The van der Waals surface area contributed by atoms with E-state index in [9.17, 15) is 5.11 Å². The molecule has 0 aromatic carbocycles. The molecule has 0 aliphatic heterocycles. The van der Waals surface area contributed by atoms with Crippen molar-refractivity contribution in [2.24, 2.45) is 0 Å². The van der Waals surface area contributed by atoms with E-state index in [4.69, 9.17) is 0 Å². The maximum atomic E-state index is 9.90. The van der Waals surface area contributed by atoms with Gasteiger partial charge in [0.05, 0.1) is 5.60 Å². The second-order valence-electron chi connectivity index (χ2n) is 4.44. The van der Waals surface area contributed by atoms with Gasteiger partial charge in [-0.1, -0.05) is 18.7 Å². The van der Waals surface area contributed by atoms with Crippen LogP contribution in [-0.2, 0) is 0 Å². The summed E-state index contributed by atoms with van der Waals surface area (Å²) in [6.45, 7) is 9.83. The van der Waals surface area contributed by atoms with Gasteiger partial charge in [0, 0.05) is 17.1 Å². The maximum absolute atomic E-state index is 9.90. The normalized spacial score (nSPS) is 14.9. The molecule has 1 aromatic heterocycles. The van der Waals surface area contributed by atoms with Crippen LogP contribution in [-0.4, -0.2) is 26.4 Å². The largest absolute Gasteiger partial charge is 0.389 e. The fourth-order valence-corrected chi connectivity index (χ4v) is 2.18. The Morgan fingerprint density at radius 3 is 2.12 bits per heavy atom. The van der Waals surface area contributed by atoms with E-state index >= 15 is 0 Å². The quantitative estimate of drug-likeness (QED) is 0.649. The first-order valence-electron chi connectivity index (χ1n) is 5.53. The Morgan fingerprint density at radius 1 is 1.19 bits per heavy atom. The van der Waals surface area contributed by atoms with Crippen molar-refractivity contribution < 1.29 is 5.11 Å². The summed E-state index contributed by atoms with van der Waals surface area (Å²) in [5.74, 6) is 0.630. The van der Waals surface area contributed by atoms with Crippen molar-refractivity contribution in [1.29, 1.82) is 0 Å². The van der Waals surface area contributed by atoms with Crippen molar-refractivity contribution >= 4 is 11.8 Å². The van der Waals surface area contributed by atoms with Crippen LogP contribution >= 0.6 is 11.8 Å². The predicted octanol–water partition coefficient (Wildman–Crippen LogP) is 2.65. The number of hydrogen-bond acceptors (Lipinski definition) is 4. The molecule has 0 bridgehead atoms. The first-order chi connectivity index (χ1) is 7.35. The zero-order chi connectivity index (χ0) is 12.3. The molecule has 1 atom stereocenters. The van der Waals surface area contributed by atoms with Gasteiger partial charge in [0.25, 0.3) is 0 Å². The van der Waals surface area contributed by atoms with Crippen molar-refractivity contribution in [3.8, 4) is 0 Å². The fourth-order valence-electron chi connectivity index (χ4n) is 1.13. The number of thioether (sulfide) groups is 1. The highest BCUT2D eigenvalue weighted by Crippen LogP contribution is 2.22. The van der Waals surface area contributed by atoms with E-state index in [-0.39, 0.29) is 0 Å². The first-order valence-corrected chi connectivity index (χ1v) is 6.51. The van der Waals surface area contributed by atoms with Gasteiger partial charge in [-0.15, -0.1) is 0 Å². The molecule has 0 amide bonds. The lowest BCUT2D eigenvalue weighted by Crippen LogP contribution is -2.26. The maximum Gasteiger partial charge on any atom is 0.188 e. The Kier molecular flexibility index (Phi) is 4.33. The minimum Gasteiger partial charge on any atom is -0.389 e. The van der Waals surface area contributed by atoms with Crippen LogP contribution in [0.25, 0.3) is 0 Å². The van der Waals surface area contributed by atoms with E-state index in [1.165, 1.54) is 11.8 Å². The summed E-state index contributed by atoms with van der Waals surface area (Å²) in [6.07, 6.45) is 0.740. The van der Waals surface area contributed by atoms with E-state index < -0.39 is 5.60 Å². The molecule has 0 radical (unpaired) electrons. The first kappa shape index (κ1) is 13.5. The number of rotatable bonds is 4. The van der Waals surface area contributed by atoms with Gasteiger partial charge in [-0.05, 0) is 39.7 Å². The minimum atomic E-state index is -0.638. The Labute approximate surface area is 102 Å². The summed E-state index contributed by atoms with van der Waals surface area (Å²) in [5.41, 5.74) is 2.55. The average Bonchev–Trinajstić information content (AvgIpc) is 2.23. The second kappa shape index (κ2) is 5.15. The third-order valence-corrected chi connectivity index (χ3v) is 4.09. The minimum absolute atomic E-state index is 0.630. The molecule has 0 spiro atoms. The monoisotopic (exact) mass is 240 g/mol. The Bertz CT molecular complexity index is 354. The van der Waals surface area contributed by atoms with Crippen molar-refractivity contribution in [3.63, 3.8) is 0 Å². The Balaban J connectivity index is 2.76. The highest BCUT2D eigenvalue weighted by atomic mass is 32.2. The standard InChI is InChI=1S/C12H20N2OS/c1-6-12(5,15)7-16-11-13-9(3)8(2)10(4)14-11/h15H,6-7H2,1-5H3. The third kappa shape index (κ3) is 3.46. The van der Waals surface area contributed by atoms with Crippen LogP contribution in [0.2, 0.25) is 0 Å². The van der Waals surface area contributed by atoms with E-state index in [2.05, 4.69) is 9.97 Å². The highest BCUT2D eigenvalue weighted by Gasteiger charge is 2.18. The lowest BCUT2D eigenvalue weighted by Gasteiger charge is -2.20. The van der Waals surface area contributed by atoms with Crippen molar-refractivity contribution in [1.82, 2.24) is 9.97 Å². The smallest absolute Gasteiger partial charge is 0.188 e. The highest BCUT2D eigenvalue weighted by molar-refractivity contribution is 7.99. The average molecular weight is 240 g/mol. The van der Waals surface area contributed by atoms with Crippen LogP contribution in [0.5, 0.6) is 0 Å². The van der Waals surface area contributed by atoms with E-state index in [0.717, 1.165) is 28.5 Å². The number of aryl methyl sites for hydroxylation is 2. The predicted molar refractivity (Wildman–Crippen MR) is 67.9 cm³/mol. The molecule has 0 aliphatic rings. The van der Waals surface area contributed by atoms with Crippen LogP contribution in [0, 0.1) is 20.8 Å². The molecule has 4 heteroatoms. The molecular weight excluding hydrogens is 220 g/mol. The SMILES string of the molecule is CCC(C)(O)CSc1nc(C)c(C)c(C)n1. The van der Waals surface area contributed by atoms with E-state index in [0.29, 0.717) is 5.75 Å². The van der Waals surface area contributed by atoms with Gasteiger partial charge in [-0.25, -0.2) is 9.97 Å². The molecule has 0 saturated heterocycles. The summed E-state index contributed by atoms with van der Waals surface area (Å²) in [7, 11) is 0. The summed E-state index contributed by atoms with van der Waals surface area (Å²) in [5, 5.41) is 10.7. The molecule has 0 aliphatic carbocycles. The number of nitrogens with zero attached hydrogens (tertiary/aromatic N) is 2. The number of hydrogen-bond donors (Lipinski definition) is 1. The van der Waals surface area contributed by atoms with Gasteiger partial charge < -0.3 is 5.11 Å². The Hall–Kier alpha value is -0.610. The van der Waals surface area contributed by atoms with Crippen LogP contribution in [0.3, 0.4) is 0 Å². The van der Waals surface area contributed by atoms with Gasteiger partial charge in [0.1, 0.15) is 0 Å². The topological polar surface area (TPSA) is 46.0 Å². The molecular formula is C12H20N2OS. The molecule has 90 valence electrons. The van der Waals surface area contributed by atoms with Gasteiger partial charge >= 0.3 is 0 Å².